The van der Waals surface area contributed by atoms with Crippen LogP contribution in [0.1, 0.15) is 36.0 Å². The Bertz CT molecular complexity index is 392. The number of aromatic nitrogens is 2. The number of fused-ring (bicyclic) bond motifs is 1. The van der Waals surface area contributed by atoms with Crippen LogP contribution in [0.5, 0.6) is 0 Å². The second kappa shape index (κ2) is 3.86. The number of nitrogens with one attached hydrogen (secondary N) is 1. The summed E-state index contributed by atoms with van der Waals surface area (Å²) in [6.45, 7) is 4.23. The summed E-state index contributed by atoms with van der Waals surface area (Å²) in [6, 6.07) is 0. The van der Waals surface area contributed by atoms with Gasteiger partial charge in [-0.15, -0.1) is 0 Å². The highest BCUT2D eigenvalue weighted by Gasteiger charge is 2.32. The molecule has 0 radical (unpaired) electrons. The van der Waals surface area contributed by atoms with Gasteiger partial charge < -0.3 is 9.88 Å². The topological polar surface area (TPSA) is 33.1 Å². The predicted molar refractivity (Wildman–Crippen MR) is 63.3 cm³/mol. The van der Waals surface area contributed by atoms with E-state index in [4.69, 9.17) is 4.98 Å². The van der Waals surface area contributed by atoms with E-state index in [9.17, 15) is 0 Å². The zero-order chi connectivity index (χ0) is 11.1. The molecular formula is C12H20N4. The Balaban J connectivity index is 1.99. The lowest BCUT2D eigenvalue weighted by Gasteiger charge is -2.25. The van der Waals surface area contributed by atoms with E-state index in [-0.39, 0.29) is 0 Å². The van der Waals surface area contributed by atoms with Crippen LogP contribution in [-0.2, 0) is 19.6 Å². The highest BCUT2D eigenvalue weighted by atomic mass is 15.2. The van der Waals surface area contributed by atoms with Crippen LogP contribution in [0.3, 0.4) is 0 Å². The molecule has 4 heteroatoms. The van der Waals surface area contributed by atoms with Gasteiger partial charge in [0.05, 0.1) is 11.4 Å². The summed E-state index contributed by atoms with van der Waals surface area (Å²) in [5, 5.41) is 3.23. The van der Waals surface area contributed by atoms with Crippen LogP contribution in [0, 0.1) is 0 Å². The molecule has 4 nitrogen and oxygen atoms in total. The molecule has 0 amide bonds. The van der Waals surface area contributed by atoms with Crippen LogP contribution in [0.25, 0.3) is 0 Å². The van der Waals surface area contributed by atoms with Crippen molar-refractivity contribution in [1.82, 2.24) is 19.8 Å². The van der Waals surface area contributed by atoms with Gasteiger partial charge in [0.1, 0.15) is 5.82 Å². The lowest BCUT2D eigenvalue weighted by atomic mass is 10.2. The number of rotatable bonds is 3. The molecule has 0 unspecified atom stereocenters. The van der Waals surface area contributed by atoms with Crippen molar-refractivity contribution in [1.29, 1.82) is 0 Å². The van der Waals surface area contributed by atoms with E-state index in [1.807, 2.05) is 7.05 Å². The molecule has 2 heterocycles. The van der Waals surface area contributed by atoms with Crippen LogP contribution < -0.4 is 5.32 Å². The number of hydrogen-bond acceptors (Lipinski definition) is 3. The fraction of sp³-hybridized carbons (Fsp3) is 0.750. The van der Waals surface area contributed by atoms with E-state index in [0.29, 0.717) is 0 Å². The number of hydrogen-bond donors (Lipinski definition) is 1. The van der Waals surface area contributed by atoms with Crippen molar-refractivity contribution in [2.75, 3.05) is 20.6 Å². The average Bonchev–Trinajstić information content (AvgIpc) is 3.04. The minimum atomic E-state index is 0.757. The van der Waals surface area contributed by atoms with E-state index >= 15 is 0 Å². The van der Waals surface area contributed by atoms with Crippen LogP contribution in [0.2, 0.25) is 0 Å². The number of likely N-dealkylation sites (N-methyl/N-ethyl adjacent to an activating group) is 1. The van der Waals surface area contributed by atoms with Crippen molar-refractivity contribution >= 4 is 0 Å². The van der Waals surface area contributed by atoms with Crippen molar-refractivity contribution in [2.24, 2.45) is 0 Å². The quantitative estimate of drug-likeness (QED) is 0.822. The molecule has 0 bridgehead atoms. The van der Waals surface area contributed by atoms with Gasteiger partial charge in [-0.05, 0) is 26.9 Å². The van der Waals surface area contributed by atoms with E-state index in [1.165, 1.54) is 30.1 Å². The summed E-state index contributed by atoms with van der Waals surface area (Å²) in [5.74, 6) is 2.11. The van der Waals surface area contributed by atoms with E-state index in [0.717, 1.165) is 32.1 Å². The lowest BCUT2D eigenvalue weighted by Crippen LogP contribution is -2.31. The Hall–Kier alpha value is -0.870. The van der Waals surface area contributed by atoms with Gasteiger partial charge in [-0.3, -0.25) is 4.90 Å². The Morgan fingerprint density at radius 1 is 1.38 bits per heavy atom. The van der Waals surface area contributed by atoms with Gasteiger partial charge in [0.25, 0.3) is 0 Å². The van der Waals surface area contributed by atoms with Gasteiger partial charge in [-0.25, -0.2) is 4.98 Å². The van der Waals surface area contributed by atoms with Crippen molar-refractivity contribution in [3.05, 3.63) is 17.2 Å². The summed E-state index contributed by atoms with van der Waals surface area (Å²) in [7, 11) is 4.19. The molecule has 1 aliphatic heterocycles. The van der Waals surface area contributed by atoms with E-state index < -0.39 is 0 Å². The van der Waals surface area contributed by atoms with Gasteiger partial charge in [0.15, 0.2) is 0 Å². The van der Waals surface area contributed by atoms with Gasteiger partial charge in [0.2, 0.25) is 0 Å². The first-order chi connectivity index (χ1) is 7.79. The zero-order valence-corrected chi connectivity index (χ0v) is 10.2. The van der Waals surface area contributed by atoms with Crippen LogP contribution in [0.4, 0.5) is 0 Å². The molecule has 1 fully saturated rings. The van der Waals surface area contributed by atoms with E-state index in [1.54, 1.807) is 0 Å². The third kappa shape index (κ3) is 1.66. The molecule has 1 saturated carbocycles. The third-order valence-electron chi connectivity index (χ3n) is 3.60. The maximum atomic E-state index is 4.85. The van der Waals surface area contributed by atoms with Gasteiger partial charge in [-0.1, -0.05) is 0 Å². The smallest absolute Gasteiger partial charge is 0.112 e. The molecule has 1 aliphatic carbocycles. The molecule has 1 aromatic heterocycles. The fourth-order valence-electron chi connectivity index (χ4n) is 2.55. The second-order valence-electron chi connectivity index (χ2n) is 5.06. The summed E-state index contributed by atoms with van der Waals surface area (Å²) in [5.41, 5.74) is 2.70. The first-order valence-electron chi connectivity index (χ1n) is 6.21. The highest BCUT2D eigenvalue weighted by molar-refractivity contribution is 5.23. The van der Waals surface area contributed by atoms with Crippen molar-refractivity contribution in [2.45, 2.75) is 38.4 Å². The second-order valence-corrected chi connectivity index (χ2v) is 5.06. The normalized spacial score (nSPS) is 21.1. The average molecular weight is 220 g/mol. The first-order valence-corrected chi connectivity index (χ1v) is 6.21. The van der Waals surface area contributed by atoms with Gasteiger partial charge in [-0.2, -0.15) is 0 Å². The van der Waals surface area contributed by atoms with Crippen LogP contribution >= 0.6 is 0 Å². The Labute approximate surface area is 96.7 Å². The van der Waals surface area contributed by atoms with Crippen molar-refractivity contribution in [3.8, 4) is 0 Å². The van der Waals surface area contributed by atoms with Gasteiger partial charge in [0, 0.05) is 32.1 Å². The molecule has 16 heavy (non-hydrogen) atoms. The molecular weight excluding hydrogens is 200 g/mol. The zero-order valence-electron chi connectivity index (χ0n) is 10.2. The van der Waals surface area contributed by atoms with Gasteiger partial charge >= 0.3 is 0 Å². The molecule has 88 valence electrons. The Morgan fingerprint density at radius 3 is 2.88 bits per heavy atom. The Kier molecular flexibility index (Phi) is 2.48. The maximum Gasteiger partial charge on any atom is 0.112 e. The monoisotopic (exact) mass is 220 g/mol. The predicted octanol–water partition coefficient (Wildman–Crippen LogP) is 0.925. The maximum absolute atomic E-state index is 4.85. The molecule has 0 aromatic carbocycles. The number of nitrogens with zero attached hydrogens (tertiary/aromatic N) is 3. The molecule has 0 saturated heterocycles. The molecule has 0 spiro atoms. The van der Waals surface area contributed by atoms with Crippen molar-refractivity contribution in [3.63, 3.8) is 0 Å². The summed E-state index contributed by atoms with van der Waals surface area (Å²) < 4.78 is 2.48. The molecule has 3 rings (SSSR count). The lowest BCUT2D eigenvalue weighted by molar-refractivity contribution is 0.266. The SMILES string of the molecule is CNCc1nc(C2CC2)n2c1CN(C)CC2. The van der Waals surface area contributed by atoms with E-state index in [2.05, 4.69) is 21.8 Å². The molecule has 1 N–H and O–H groups in total. The summed E-state index contributed by atoms with van der Waals surface area (Å²) in [4.78, 5) is 7.23. The van der Waals surface area contributed by atoms with Crippen LogP contribution in [0.15, 0.2) is 0 Å². The minimum absolute atomic E-state index is 0.757. The molecule has 0 atom stereocenters. The third-order valence-corrected chi connectivity index (χ3v) is 3.60. The number of imidazole rings is 1. The molecule has 2 aliphatic rings. The minimum Gasteiger partial charge on any atom is -0.329 e. The summed E-state index contributed by atoms with van der Waals surface area (Å²) >= 11 is 0. The standard InChI is InChI=1S/C12H20N4/c1-13-7-10-11-8-15(2)5-6-16(11)12(14-10)9-3-4-9/h9,13H,3-8H2,1-2H3. The highest BCUT2D eigenvalue weighted by Crippen LogP contribution is 2.40. The molecule has 1 aromatic rings. The van der Waals surface area contributed by atoms with Crippen molar-refractivity contribution < 1.29 is 0 Å². The first kappa shape index (κ1) is 10.3. The largest absolute Gasteiger partial charge is 0.329 e. The summed E-state index contributed by atoms with van der Waals surface area (Å²) in [6.07, 6.45) is 2.68. The van der Waals surface area contributed by atoms with Crippen LogP contribution in [-0.4, -0.2) is 35.1 Å². The fourth-order valence-corrected chi connectivity index (χ4v) is 2.55. The Morgan fingerprint density at radius 2 is 2.19 bits per heavy atom.